The Bertz CT molecular complexity index is 611. The number of hydrogen-bond donors (Lipinski definition) is 2. The lowest BCUT2D eigenvalue weighted by Crippen LogP contribution is -2.26. The van der Waals surface area contributed by atoms with Crippen LogP contribution in [0.25, 0.3) is 0 Å². The SMILES string of the molecule is CNC(=O)CCCNS(=O)(=O)c1ccc2c(c1)CCCC2. The Labute approximate surface area is 126 Å². The average molecular weight is 310 g/mol. The summed E-state index contributed by atoms with van der Waals surface area (Å²) in [6.07, 6.45) is 5.10. The summed E-state index contributed by atoms with van der Waals surface area (Å²) in [5.41, 5.74) is 2.41. The largest absolute Gasteiger partial charge is 0.359 e. The Balaban J connectivity index is 1.97. The molecule has 0 spiro atoms. The number of sulfonamides is 1. The highest BCUT2D eigenvalue weighted by atomic mass is 32.2. The minimum absolute atomic E-state index is 0.0806. The van der Waals surface area contributed by atoms with E-state index in [-0.39, 0.29) is 12.5 Å². The molecule has 1 aromatic carbocycles. The van der Waals surface area contributed by atoms with Gasteiger partial charge in [-0.25, -0.2) is 13.1 Å². The first-order chi connectivity index (χ1) is 10.0. The number of aryl methyl sites for hydroxylation is 2. The van der Waals surface area contributed by atoms with Crippen LogP contribution in [0.3, 0.4) is 0 Å². The molecule has 0 heterocycles. The minimum Gasteiger partial charge on any atom is -0.359 e. The molecule has 116 valence electrons. The van der Waals surface area contributed by atoms with Gasteiger partial charge in [0.05, 0.1) is 4.90 Å². The van der Waals surface area contributed by atoms with E-state index < -0.39 is 10.0 Å². The lowest BCUT2D eigenvalue weighted by atomic mass is 9.92. The molecule has 0 aliphatic heterocycles. The summed E-state index contributed by atoms with van der Waals surface area (Å²) in [6.45, 7) is 0.271. The number of carbonyl (C=O) groups is 1. The first-order valence-corrected chi connectivity index (χ1v) is 8.83. The maximum absolute atomic E-state index is 12.2. The van der Waals surface area contributed by atoms with Gasteiger partial charge in [-0.1, -0.05) is 6.07 Å². The maximum Gasteiger partial charge on any atom is 0.240 e. The van der Waals surface area contributed by atoms with Crippen molar-refractivity contribution < 1.29 is 13.2 Å². The van der Waals surface area contributed by atoms with E-state index in [1.54, 1.807) is 19.2 Å². The summed E-state index contributed by atoms with van der Waals surface area (Å²) in [5.74, 6) is -0.0806. The molecule has 1 aliphatic carbocycles. The summed E-state index contributed by atoms with van der Waals surface area (Å²) < 4.78 is 27.0. The first kappa shape index (κ1) is 16.0. The van der Waals surface area contributed by atoms with Crippen LogP contribution in [0.15, 0.2) is 23.1 Å². The summed E-state index contributed by atoms with van der Waals surface area (Å²) in [6, 6.07) is 5.38. The van der Waals surface area contributed by atoms with E-state index >= 15 is 0 Å². The number of rotatable bonds is 6. The van der Waals surface area contributed by atoms with Crippen molar-refractivity contribution in [1.29, 1.82) is 0 Å². The molecule has 0 saturated carbocycles. The third kappa shape index (κ3) is 4.28. The molecule has 0 atom stereocenters. The zero-order valence-corrected chi connectivity index (χ0v) is 13.1. The van der Waals surface area contributed by atoms with E-state index in [4.69, 9.17) is 0 Å². The second-order valence-corrected chi connectivity index (χ2v) is 7.08. The molecule has 0 saturated heterocycles. The van der Waals surface area contributed by atoms with Crippen molar-refractivity contribution in [2.45, 2.75) is 43.4 Å². The van der Waals surface area contributed by atoms with E-state index in [1.807, 2.05) is 6.07 Å². The highest BCUT2D eigenvalue weighted by Gasteiger charge is 2.17. The summed E-state index contributed by atoms with van der Waals surface area (Å²) >= 11 is 0. The van der Waals surface area contributed by atoms with Crippen LogP contribution < -0.4 is 10.0 Å². The first-order valence-electron chi connectivity index (χ1n) is 7.35. The van der Waals surface area contributed by atoms with E-state index in [2.05, 4.69) is 10.0 Å². The van der Waals surface area contributed by atoms with Gasteiger partial charge < -0.3 is 5.32 Å². The van der Waals surface area contributed by atoms with E-state index in [1.165, 1.54) is 12.0 Å². The van der Waals surface area contributed by atoms with E-state index in [9.17, 15) is 13.2 Å². The van der Waals surface area contributed by atoms with Gasteiger partial charge >= 0.3 is 0 Å². The molecule has 2 rings (SSSR count). The molecule has 0 bridgehead atoms. The quantitative estimate of drug-likeness (QED) is 0.779. The molecule has 6 heteroatoms. The third-order valence-electron chi connectivity index (χ3n) is 3.78. The fourth-order valence-electron chi connectivity index (χ4n) is 2.54. The molecule has 1 amide bonds. The lowest BCUT2D eigenvalue weighted by Gasteiger charge is -2.16. The minimum atomic E-state index is -3.48. The van der Waals surface area contributed by atoms with Gasteiger partial charge in [0.2, 0.25) is 15.9 Å². The van der Waals surface area contributed by atoms with Crippen molar-refractivity contribution in [2.24, 2.45) is 0 Å². The summed E-state index contributed by atoms with van der Waals surface area (Å²) in [4.78, 5) is 11.4. The highest BCUT2D eigenvalue weighted by Crippen LogP contribution is 2.23. The standard InChI is InChI=1S/C15H22N2O3S/c1-16-15(18)7-4-10-17-21(19,20)14-9-8-12-5-2-3-6-13(12)11-14/h8-9,11,17H,2-7,10H2,1H3,(H,16,18). The van der Waals surface area contributed by atoms with Crippen molar-refractivity contribution in [3.8, 4) is 0 Å². The third-order valence-corrected chi connectivity index (χ3v) is 5.24. The van der Waals surface area contributed by atoms with Gasteiger partial charge in [0.15, 0.2) is 0 Å². The average Bonchev–Trinajstić information content (AvgIpc) is 2.50. The van der Waals surface area contributed by atoms with Crippen molar-refractivity contribution in [3.05, 3.63) is 29.3 Å². The zero-order valence-electron chi connectivity index (χ0n) is 12.3. The van der Waals surface area contributed by atoms with Gasteiger partial charge in [0.1, 0.15) is 0 Å². The van der Waals surface area contributed by atoms with Gasteiger partial charge in [0, 0.05) is 20.0 Å². The molecule has 5 nitrogen and oxygen atoms in total. The topological polar surface area (TPSA) is 75.3 Å². The Morgan fingerprint density at radius 2 is 1.90 bits per heavy atom. The number of fused-ring (bicyclic) bond motifs is 1. The van der Waals surface area contributed by atoms with Gasteiger partial charge in [-0.05, 0) is 55.4 Å². The van der Waals surface area contributed by atoms with Crippen LogP contribution in [0.1, 0.15) is 36.8 Å². The number of amides is 1. The Morgan fingerprint density at radius 1 is 1.19 bits per heavy atom. The molecule has 2 N–H and O–H groups in total. The molecule has 0 aromatic heterocycles. The van der Waals surface area contributed by atoms with Crippen LogP contribution in [0.5, 0.6) is 0 Å². The van der Waals surface area contributed by atoms with Crippen molar-refractivity contribution in [3.63, 3.8) is 0 Å². The van der Waals surface area contributed by atoms with Crippen LogP contribution in [-0.4, -0.2) is 27.9 Å². The van der Waals surface area contributed by atoms with Crippen molar-refractivity contribution >= 4 is 15.9 Å². The Hall–Kier alpha value is -1.40. The summed E-state index contributed by atoms with van der Waals surface area (Å²) in [7, 11) is -1.91. The second-order valence-electron chi connectivity index (χ2n) is 5.31. The molecule has 0 unspecified atom stereocenters. The zero-order chi connectivity index (χ0) is 15.3. The van der Waals surface area contributed by atoms with Crippen LogP contribution >= 0.6 is 0 Å². The van der Waals surface area contributed by atoms with E-state index in [0.29, 0.717) is 17.7 Å². The number of benzene rings is 1. The second kappa shape index (κ2) is 7.04. The fraction of sp³-hybridized carbons (Fsp3) is 0.533. The van der Waals surface area contributed by atoms with Crippen LogP contribution in [0.2, 0.25) is 0 Å². The molecule has 1 aromatic rings. The van der Waals surface area contributed by atoms with Crippen molar-refractivity contribution in [1.82, 2.24) is 10.0 Å². The molecule has 1 aliphatic rings. The predicted molar refractivity (Wildman–Crippen MR) is 81.6 cm³/mol. The van der Waals surface area contributed by atoms with Crippen molar-refractivity contribution in [2.75, 3.05) is 13.6 Å². The number of hydrogen-bond acceptors (Lipinski definition) is 3. The molecular formula is C15H22N2O3S. The molecular weight excluding hydrogens is 288 g/mol. The van der Waals surface area contributed by atoms with Crippen LogP contribution in [0.4, 0.5) is 0 Å². The van der Waals surface area contributed by atoms with Gasteiger partial charge in [-0.2, -0.15) is 0 Å². The fourth-order valence-corrected chi connectivity index (χ4v) is 3.67. The smallest absolute Gasteiger partial charge is 0.240 e. The lowest BCUT2D eigenvalue weighted by molar-refractivity contribution is -0.120. The normalized spacial score (nSPS) is 14.5. The highest BCUT2D eigenvalue weighted by molar-refractivity contribution is 7.89. The number of nitrogens with one attached hydrogen (secondary N) is 2. The maximum atomic E-state index is 12.2. The van der Waals surface area contributed by atoms with Gasteiger partial charge in [-0.15, -0.1) is 0 Å². The van der Waals surface area contributed by atoms with Gasteiger partial charge in [-0.3, -0.25) is 4.79 Å². The monoisotopic (exact) mass is 310 g/mol. The van der Waals surface area contributed by atoms with Crippen LogP contribution in [0, 0.1) is 0 Å². The Kier molecular flexibility index (Phi) is 5.36. The summed E-state index contributed by atoms with van der Waals surface area (Å²) in [5, 5.41) is 2.51. The van der Waals surface area contributed by atoms with E-state index in [0.717, 1.165) is 24.8 Å². The van der Waals surface area contributed by atoms with Crippen LogP contribution in [-0.2, 0) is 27.7 Å². The molecule has 0 fully saturated rings. The molecule has 0 radical (unpaired) electrons. The predicted octanol–water partition coefficient (Wildman–Crippen LogP) is 1.37. The van der Waals surface area contributed by atoms with Gasteiger partial charge in [0.25, 0.3) is 0 Å². The molecule has 21 heavy (non-hydrogen) atoms. The Morgan fingerprint density at radius 3 is 2.62 bits per heavy atom. The number of carbonyl (C=O) groups excluding carboxylic acids is 1.